The molecule has 0 atom stereocenters. The van der Waals surface area contributed by atoms with E-state index >= 15 is 0 Å². The van der Waals surface area contributed by atoms with Crippen LogP contribution in [0.1, 0.15) is 11.4 Å². The minimum atomic E-state index is -0.00407. The fourth-order valence-electron chi connectivity index (χ4n) is 1.00. The molecule has 2 heterocycles. The molecule has 2 aromatic rings. The standard InChI is InChI=1S/C6H7NO2.C6H7NO/c1-5-2-3-6(8)4-7(5)9;1-5-2-3-6(8)4-7-5/h2-4,8H,1H3;2-4,8H,1H3. The lowest BCUT2D eigenvalue weighted by molar-refractivity contribution is -0.612. The molecule has 0 saturated carbocycles. The van der Waals surface area contributed by atoms with Gasteiger partial charge in [-0.3, -0.25) is 4.98 Å². The summed E-state index contributed by atoms with van der Waals surface area (Å²) in [5, 5.41) is 28.0. The summed E-state index contributed by atoms with van der Waals surface area (Å²) in [5.41, 5.74) is 1.50. The first kappa shape index (κ1) is 12.8. The predicted molar refractivity (Wildman–Crippen MR) is 62.4 cm³/mol. The van der Waals surface area contributed by atoms with Crippen LogP contribution in [0.5, 0.6) is 11.5 Å². The number of pyridine rings is 2. The molecule has 0 aromatic carbocycles. The van der Waals surface area contributed by atoms with Crippen molar-refractivity contribution in [3.63, 3.8) is 0 Å². The zero-order chi connectivity index (χ0) is 12.8. The van der Waals surface area contributed by atoms with Gasteiger partial charge >= 0.3 is 0 Å². The Balaban J connectivity index is 0.000000171. The predicted octanol–water partition coefficient (Wildman–Crippen LogP) is 1.43. The van der Waals surface area contributed by atoms with Crippen LogP contribution in [0.25, 0.3) is 0 Å². The third-order valence-electron chi connectivity index (χ3n) is 1.99. The summed E-state index contributed by atoms with van der Waals surface area (Å²) in [6.07, 6.45) is 2.55. The highest BCUT2D eigenvalue weighted by Crippen LogP contribution is 2.03. The molecule has 17 heavy (non-hydrogen) atoms. The van der Waals surface area contributed by atoms with Crippen molar-refractivity contribution in [1.29, 1.82) is 0 Å². The summed E-state index contributed by atoms with van der Waals surface area (Å²) in [7, 11) is 0. The summed E-state index contributed by atoms with van der Waals surface area (Å²) in [6.45, 7) is 3.55. The second-order valence-electron chi connectivity index (χ2n) is 3.51. The van der Waals surface area contributed by atoms with Crippen LogP contribution in [-0.4, -0.2) is 15.2 Å². The number of aromatic nitrogens is 2. The monoisotopic (exact) mass is 234 g/mol. The normalized spacial score (nSPS) is 9.29. The lowest BCUT2D eigenvalue weighted by Gasteiger charge is -1.97. The molecule has 2 aromatic heterocycles. The molecule has 0 unspecified atom stereocenters. The molecule has 5 nitrogen and oxygen atoms in total. The van der Waals surface area contributed by atoms with Crippen LogP contribution in [0.2, 0.25) is 0 Å². The molecule has 90 valence electrons. The van der Waals surface area contributed by atoms with Gasteiger partial charge in [0.25, 0.3) is 0 Å². The molecule has 0 spiro atoms. The maximum absolute atomic E-state index is 10.6. The van der Waals surface area contributed by atoms with Crippen molar-refractivity contribution >= 4 is 0 Å². The Hall–Kier alpha value is -2.30. The lowest BCUT2D eigenvalue weighted by Crippen LogP contribution is -2.28. The summed E-state index contributed by atoms with van der Waals surface area (Å²) < 4.78 is 0.620. The Labute approximate surface area is 99.2 Å². The van der Waals surface area contributed by atoms with Gasteiger partial charge < -0.3 is 15.4 Å². The molecule has 0 bridgehead atoms. The largest absolute Gasteiger partial charge is 0.618 e. The first-order chi connectivity index (χ1) is 7.99. The Morgan fingerprint density at radius 1 is 1.06 bits per heavy atom. The van der Waals surface area contributed by atoms with Gasteiger partial charge in [-0.1, -0.05) is 0 Å². The van der Waals surface area contributed by atoms with Gasteiger partial charge in [0.15, 0.2) is 11.4 Å². The molecule has 0 aliphatic rings. The average molecular weight is 234 g/mol. The number of aryl methyl sites for hydroxylation is 2. The van der Waals surface area contributed by atoms with Crippen LogP contribution < -0.4 is 4.73 Å². The van der Waals surface area contributed by atoms with Crippen LogP contribution >= 0.6 is 0 Å². The van der Waals surface area contributed by atoms with E-state index in [2.05, 4.69) is 4.98 Å². The van der Waals surface area contributed by atoms with Crippen molar-refractivity contribution in [2.45, 2.75) is 13.8 Å². The van der Waals surface area contributed by atoms with E-state index in [0.717, 1.165) is 11.9 Å². The van der Waals surface area contributed by atoms with E-state index in [0.29, 0.717) is 10.4 Å². The third kappa shape index (κ3) is 4.38. The number of hydrogen-bond donors (Lipinski definition) is 2. The molecule has 2 N–H and O–H groups in total. The Morgan fingerprint density at radius 2 is 1.71 bits per heavy atom. The molecule has 5 heteroatoms. The molecule has 0 amide bonds. The number of rotatable bonds is 0. The van der Waals surface area contributed by atoms with Crippen LogP contribution in [0.15, 0.2) is 36.7 Å². The van der Waals surface area contributed by atoms with E-state index in [4.69, 9.17) is 10.2 Å². The molecule has 0 aliphatic heterocycles. The first-order valence-corrected chi connectivity index (χ1v) is 4.99. The molecule has 0 radical (unpaired) electrons. The molecule has 0 saturated heterocycles. The van der Waals surface area contributed by atoms with E-state index in [1.54, 1.807) is 25.1 Å². The molecule has 0 fully saturated rings. The third-order valence-corrected chi connectivity index (χ3v) is 1.99. The highest BCUT2D eigenvalue weighted by Gasteiger charge is 1.96. The SMILES string of the molecule is Cc1ccc(O)c[n+]1[O-].Cc1ccc(O)cn1. The first-order valence-electron chi connectivity index (χ1n) is 4.99. The van der Waals surface area contributed by atoms with E-state index in [1.165, 1.54) is 12.3 Å². The fourth-order valence-corrected chi connectivity index (χ4v) is 1.00. The van der Waals surface area contributed by atoms with E-state index in [9.17, 15) is 5.21 Å². The van der Waals surface area contributed by atoms with Crippen molar-refractivity contribution in [3.05, 3.63) is 53.3 Å². The van der Waals surface area contributed by atoms with Crippen LogP contribution in [0.3, 0.4) is 0 Å². The van der Waals surface area contributed by atoms with Gasteiger partial charge in [0.1, 0.15) is 5.75 Å². The molecular formula is C12H14N2O3. The summed E-state index contributed by atoms with van der Waals surface area (Å²) in [6, 6.07) is 6.41. The van der Waals surface area contributed by atoms with E-state index < -0.39 is 0 Å². The van der Waals surface area contributed by atoms with Crippen LogP contribution in [-0.2, 0) is 0 Å². The zero-order valence-corrected chi connectivity index (χ0v) is 9.66. The van der Waals surface area contributed by atoms with Gasteiger partial charge in [0.05, 0.1) is 6.20 Å². The van der Waals surface area contributed by atoms with Gasteiger partial charge in [0, 0.05) is 18.7 Å². The summed E-state index contributed by atoms with van der Waals surface area (Å²) in [5.74, 6) is 0.214. The summed E-state index contributed by atoms with van der Waals surface area (Å²) >= 11 is 0. The van der Waals surface area contributed by atoms with Crippen molar-refractivity contribution in [1.82, 2.24) is 4.98 Å². The Morgan fingerprint density at radius 3 is 2.12 bits per heavy atom. The average Bonchev–Trinajstić information content (AvgIpc) is 2.29. The van der Waals surface area contributed by atoms with Crippen LogP contribution in [0.4, 0.5) is 0 Å². The quantitative estimate of drug-likeness (QED) is 0.533. The van der Waals surface area contributed by atoms with Crippen molar-refractivity contribution in [3.8, 4) is 11.5 Å². The molecular weight excluding hydrogens is 220 g/mol. The topological polar surface area (TPSA) is 80.3 Å². The highest BCUT2D eigenvalue weighted by molar-refractivity contribution is 5.16. The second-order valence-corrected chi connectivity index (χ2v) is 3.51. The highest BCUT2D eigenvalue weighted by atomic mass is 16.5. The van der Waals surface area contributed by atoms with Crippen molar-refractivity contribution < 1.29 is 14.9 Å². The minimum absolute atomic E-state index is 0.00407. The zero-order valence-electron chi connectivity index (χ0n) is 9.66. The Kier molecular flexibility index (Phi) is 4.28. The maximum atomic E-state index is 10.6. The van der Waals surface area contributed by atoms with Gasteiger partial charge in [-0.05, 0) is 25.1 Å². The maximum Gasteiger partial charge on any atom is 0.222 e. The van der Waals surface area contributed by atoms with Gasteiger partial charge in [-0.15, -0.1) is 0 Å². The van der Waals surface area contributed by atoms with Gasteiger partial charge in [0.2, 0.25) is 6.20 Å². The number of nitrogens with zero attached hydrogens (tertiary/aromatic N) is 2. The van der Waals surface area contributed by atoms with Crippen molar-refractivity contribution in [2.75, 3.05) is 0 Å². The second kappa shape index (κ2) is 5.69. The number of aromatic hydroxyl groups is 2. The molecule has 2 rings (SSSR count). The molecule has 0 aliphatic carbocycles. The smallest absolute Gasteiger partial charge is 0.222 e. The lowest BCUT2D eigenvalue weighted by atomic mass is 10.4. The number of hydrogen-bond acceptors (Lipinski definition) is 4. The summed E-state index contributed by atoms with van der Waals surface area (Å²) in [4.78, 5) is 3.83. The van der Waals surface area contributed by atoms with E-state index in [-0.39, 0.29) is 11.5 Å². The Bertz CT molecular complexity index is 463. The van der Waals surface area contributed by atoms with Crippen molar-refractivity contribution in [2.24, 2.45) is 0 Å². The van der Waals surface area contributed by atoms with Crippen LogP contribution in [0, 0.1) is 19.1 Å². The van der Waals surface area contributed by atoms with Gasteiger partial charge in [-0.2, -0.15) is 4.73 Å². The fraction of sp³-hybridized carbons (Fsp3) is 0.167. The van der Waals surface area contributed by atoms with Gasteiger partial charge in [-0.25, -0.2) is 0 Å². The minimum Gasteiger partial charge on any atom is -0.618 e. The van der Waals surface area contributed by atoms with E-state index in [1.807, 2.05) is 6.92 Å².